The minimum atomic E-state index is 0. The summed E-state index contributed by atoms with van der Waals surface area (Å²) >= 11 is 0. The summed E-state index contributed by atoms with van der Waals surface area (Å²) in [4.78, 5) is 11.7. The zero-order valence-corrected chi connectivity index (χ0v) is 11.5. The van der Waals surface area contributed by atoms with Crippen LogP contribution in [0.4, 0.5) is 5.69 Å². The van der Waals surface area contributed by atoms with E-state index in [4.69, 9.17) is 5.73 Å². The van der Waals surface area contributed by atoms with Crippen molar-refractivity contribution in [3.63, 3.8) is 0 Å². The maximum absolute atomic E-state index is 11.7. The zero-order valence-electron chi connectivity index (χ0n) is 10.7. The van der Waals surface area contributed by atoms with Gasteiger partial charge in [-0.25, -0.2) is 0 Å². The van der Waals surface area contributed by atoms with Gasteiger partial charge in [-0.05, 0) is 36.8 Å². The van der Waals surface area contributed by atoms with Crippen LogP contribution in [0.3, 0.4) is 0 Å². The molecule has 0 unspecified atom stereocenters. The number of carbonyl (C=O) groups excluding carboxylic acids is 1. The van der Waals surface area contributed by atoms with E-state index in [1.807, 2.05) is 24.3 Å². The molecule has 0 aromatic heterocycles. The minimum Gasteiger partial charge on any atom is -0.399 e. The Bertz CT molecular complexity index is 403. The number of rotatable bonds is 4. The Morgan fingerprint density at radius 3 is 2.67 bits per heavy atom. The quantitative estimate of drug-likeness (QED) is 0.825. The number of amides is 1. The van der Waals surface area contributed by atoms with Crippen LogP contribution in [-0.4, -0.2) is 11.9 Å². The SMILES string of the molecule is CC1CC(NC(=O)CCc2ccccc2N)C1.Cl. The Morgan fingerprint density at radius 1 is 1.39 bits per heavy atom. The molecule has 0 bridgehead atoms. The first-order chi connectivity index (χ1) is 8.15. The first kappa shape index (κ1) is 14.8. The summed E-state index contributed by atoms with van der Waals surface area (Å²) in [6.45, 7) is 2.22. The van der Waals surface area contributed by atoms with Crippen LogP contribution in [-0.2, 0) is 11.2 Å². The maximum atomic E-state index is 11.7. The van der Waals surface area contributed by atoms with Crippen LogP contribution >= 0.6 is 12.4 Å². The van der Waals surface area contributed by atoms with E-state index < -0.39 is 0 Å². The molecule has 18 heavy (non-hydrogen) atoms. The third-order valence-electron chi connectivity index (χ3n) is 3.42. The summed E-state index contributed by atoms with van der Waals surface area (Å²) in [5.74, 6) is 0.912. The molecule has 2 rings (SSSR count). The van der Waals surface area contributed by atoms with Crippen molar-refractivity contribution in [3.05, 3.63) is 29.8 Å². The summed E-state index contributed by atoms with van der Waals surface area (Å²) < 4.78 is 0. The lowest BCUT2D eigenvalue weighted by atomic mass is 9.82. The van der Waals surface area contributed by atoms with Crippen molar-refractivity contribution in [3.8, 4) is 0 Å². The molecule has 0 heterocycles. The molecule has 0 spiro atoms. The number of halogens is 1. The van der Waals surface area contributed by atoms with Crippen molar-refractivity contribution < 1.29 is 4.79 Å². The molecule has 1 amide bonds. The van der Waals surface area contributed by atoms with Gasteiger partial charge in [0.05, 0.1) is 0 Å². The fraction of sp³-hybridized carbons (Fsp3) is 0.500. The summed E-state index contributed by atoms with van der Waals surface area (Å²) in [7, 11) is 0. The van der Waals surface area contributed by atoms with Gasteiger partial charge < -0.3 is 11.1 Å². The number of nitrogen functional groups attached to an aromatic ring is 1. The lowest BCUT2D eigenvalue weighted by Gasteiger charge is -2.33. The van der Waals surface area contributed by atoms with Gasteiger partial charge in [0.25, 0.3) is 0 Å². The van der Waals surface area contributed by atoms with Gasteiger partial charge in [-0.15, -0.1) is 12.4 Å². The van der Waals surface area contributed by atoms with Crippen molar-refractivity contribution in [2.45, 2.75) is 38.6 Å². The lowest BCUT2D eigenvalue weighted by Crippen LogP contribution is -2.43. The highest BCUT2D eigenvalue weighted by Crippen LogP contribution is 2.26. The molecule has 1 aromatic rings. The molecule has 4 heteroatoms. The van der Waals surface area contributed by atoms with Crippen LogP contribution < -0.4 is 11.1 Å². The van der Waals surface area contributed by atoms with Gasteiger partial charge in [0.1, 0.15) is 0 Å². The van der Waals surface area contributed by atoms with Crippen molar-refractivity contribution in [1.29, 1.82) is 0 Å². The molecule has 1 aliphatic rings. The normalized spacial score (nSPS) is 21.6. The second-order valence-corrected chi connectivity index (χ2v) is 5.04. The lowest BCUT2D eigenvalue weighted by molar-refractivity contribution is -0.122. The first-order valence-corrected chi connectivity index (χ1v) is 6.28. The molecule has 0 radical (unpaired) electrons. The molecular formula is C14H21ClN2O. The number of nitrogens with one attached hydrogen (secondary N) is 1. The van der Waals surface area contributed by atoms with Gasteiger partial charge in [-0.1, -0.05) is 25.1 Å². The van der Waals surface area contributed by atoms with Crippen molar-refractivity contribution in [2.24, 2.45) is 5.92 Å². The first-order valence-electron chi connectivity index (χ1n) is 6.28. The molecule has 1 saturated carbocycles. The Labute approximate surface area is 115 Å². The number of hydrogen-bond donors (Lipinski definition) is 2. The topological polar surface area (TPSA) is 55.1 Å². The number of benzene rings is 1. The van der Waals surface area contributed by atoms with E-state index in [0.29, 0.717) is 12.5 Å². The predicted molar refractivity (Wildman–Crippen MR) is 76.8 cm³/mol. The van der Waals surface area contributed by atoms with Crippen LogP contribution in [0.2, 0.25) is 0 Å². The highest BCUT2D eigenvalue weighted by molar-refractivity contribution is 5.85. The van der Waals surface area contributed by atoms with Gasteiger partial charge in [0.15, 0.2) is 0 Å². The van der Waals surface area contributed by atoms with E-state index in [9.17, 15) is 4.79 Å². The third kappa shape index (κ3) is 3.91. The van der Waals surface area contributed by atoms with Gasteiger partial charge in [0.2, 0.25) is 5.91 Å². The van der Waals surface area contributed by atoms with Crippen LogP contribution in [0.1, 0.15) is 31.7 Å². The van der Waals surface area contributed by atoms with Gasteiger partial charge in [-0.3, -0.25) is 4.79 Å². The number of para-hydroxylation sites is 1. The van der Waals surface area contributed by atoms with Crippen LogP contribution in [0, 0.1) is 5.92 Å². The molecular weight excluding hydrogens is 248 g/mol. The number of hydrogen-bond acceptors (Lipinski definition) is 2. The highest BCUT2D eigenvalue weighted by Gasteiger charge is 2.26. The molecule has 100 valence electrons. The maximum Gasteiger partial charge on any atom is 0.220 e. The molecule has 1 aliphatic carbocycles. The summed E-state index contributed by atoms with van der Waals surface area (Å²) in [5.41, 5.74) is 7.67. The minimum absolute atomic E-state index is 0. The van der Waals surface area contributed by atoms with E-state index in [1.54, 1.807) is 0 Å². The molecule has 3 nitrogen and oxygen atoms in total. The largest absolute Gasteiger partial charge is 0.399 e. The van der Waals surface area contributed by atoms with Crippen molar-refractivity contribution in [2.75, 3.05) is 5.73 Å². The van der Waals surface area contributed by atoms with Gasteiger partial charge in [0, 0.05) is 18.2 Å². The monoisotopic (exact) mass is 268 g/mol. The van der Waals surface area contributed by atoms with E-state index in [-0.39, 0.29) is 18.3 Å². The van der Waals surface area contributed by atoms with E-state index in [2.05, 4.69) is 12.2 Å². The average Bonchev–Trinajstić information content (AvgIpc) is 2.26. The smallest absolute Gasteiger partial charge is 0.220 e. The van der Waals surface area contributed by atoms with Crippen LogP contribution in [0.5, 0.6) is 0 Å². The van der Waals surface area contributed by atoms with E-state index in [0.717, 1.165) is 36.4 Å². The van der Waals surface area contributed by atoms with Gasteiger partial charge >= 0.3 is 0 Å². The summed E-state index contributed by atoms with van der Waals surface area (Å²) in [5, 5.41) is 3.06. The Morgan fingerprint density at radius 2 is 2.06 bits per heavy atom. The third-order valence-corrected chi connectivity index (χ3v) is 3.42. The van der Waals surface area contributed by atoms with Crippen molar-refractivity contribution in [1.82, 2.24) is 5.32 Å². The molecule has 1 aromatic carbocycles. The number of carbonyl (C=O) groups is 1. The number of aryl methyl sites for hydroxylation is 1. The number of nitrogens with two attached hydrogens (primary N) is 1. The standard InChI is InChI=1S/C14H20N2O.ClH/c1-10-8-12(9-10)16-14(17)7-6-11-4-2-3-5-13(11)15;/h2-5,10,12H,6-9,15H2,1H3,(H,16,17);1H. The highest BCUT2D eigenvalue weighted by atomic mass is 35.5. The summed E-state index contributed by atoms with van der Waals surface area (Å²) in [6, 6.07) is 8.13. The van der Waals surface area contributed by atoms with Crippen LogP contribution in [0.15, 0.2) is 24.3 Å². The molecule has 3 N–H and O–H groups in total. The molecule has 0 atom stereocenters. The number of anilines is 1. The van der Waals surface area contributed by atoms with Crippen molar-refractivity contribution >= 4 is 24.0 Å². The average molecular weight is 269 g/mol. The second-order valence-electron chi connectivity index (χ2n) is 5.04. The molecule has 0 aliphatic heterocycles. The second kappa shape index (κ2) is 6.64. The fourth-order valence-corrected chi connectivity index (χ4v) is 2.33. The van der Waals surface area contributed by atoms with E-state index >= 15 is 0 Å². The Hall–Kier alpha value is -1.22. The Balaban J connectivity index is 0.00000162. The predicted octanol–water partition coefficient (Wildman–Crippen LogP) is 2.54. The Kier molecular flexibility index (Phi) is 5.48. The van der Waals surface area contributed by atoms with E-state index in [1.165, 1.54) is 0 Å². The van der Waals surface area contributed by atoms with Gasteiger partial charge in [-0.2, -0.15) is 0 Å². The van der Waals surface area contributed by atoms with Crippen LogP contribution in [0.25, 0.3) is 0 Å². The summed E-state index contributed by atoms with van der Waals surface area (Å²) in [6.07, 6.45) is 3.50. The molecule has 1 fully saturated rings. The zero-order chi connectivity index (χ0) is 12.3. The fourth-order valence-electron chi connectivity index (χ4n) is 2.33. The molecule has 0 saturated heterocycles.